The Balaban J connectivity index is 1.51. The fourth-order valence-electron chi connectivity index (χ4n) is 2.62. The molecule has 1 aromatic carbocycles. The molecular formula is C16H16Cl2N4O2S2. The maximum absolute atomic E-state index is 12.3. The number of amides is 2. The molecule has 0 atom stereocenters. The molecule has 0 bridgehead atoms. The van der Waals surface area contributed by atoms with E-state index in [0.29, 0.717) is 25.6 Å². The second kappa shape index (κ2) is 9.03. The number of thioether (sulfide) groups is 1. The fraction of sp³-hybridized carbons (Fsp3) is 0.375. The number of benzene rings is 1. The number of hydrogen-bond acceptors (Lipinski definition) is 6. The van der Waals surface area contributed by atoms with Gasteiger partial charge in [0.2, 0.25) is 11.0 Å². The van der Waals surface area contributed by atoms with E-state index in [1.54, 1.807) is 12.1 Å². The van der Waals surface area contributed by atoms with Gasteiger partial charge in [0, 0.05) is 11.1 Å². The Hall–Kier alpha value is -1.35. The molecule has 3 rings (SSSR count). The average Bonchev–Trinajstić information content (AvgIpc) is 3.27. The molecule has 1 aromatic heterocycles. The fourth-order valence-corrected chi connectivity index (χ4v) is 4.55. The predicted molar refractivity (Wildman–Crippen MR) is 105 cm³/mol. The van der Waals surface area contributed by atoms with Crippen LogP contribution in [0.5, 0.6) is 0 Å². The monoisotopic (exact) mass is 430 g/mol. The van der Waals surface area contributed by atoms with Crippen molar-refractivity contribution in [1.29, 1.82) is 0 Å². The van der Waals surface area contributed by atoms with Gasteiger partial charge in [-0.2, -0.15) is 0 Å². The molecule has 10 heteroatoms. The molecule has 26 heavy (non-hydrogen) atoms. The molecule has 1 aliphatic rings. The lowest BCUT2D eigenvalue weighted by Gasteiger charge is -2.10. The zero-order chi connectivity index (χ0) is 18.5. The number of nitrogens with one attached hydrogen (secondary N) is 2. The highest BCUT2D eigenvalue weighted by molar-refractivity contribution is 8.01. The number of aromatic nitrogens is 2. The first kappa shape index (κ1) is 19.4. The quantitative estimate of drug-likeness (QED) is 0.528. The van der Waals surface area contributed by atoms with E-state index >= 15 is 0 Å². The molecular weight excluding hydrogens is 415 g/mol. The summed E-state index contributed by atoms with van der Waals surface area (Å²) >= 11 is 14.4. The van der Waals surface area contributed by atoms with Crippen molar-refractivity contribution < 1.29 is 9.59 Å². The van der Waals surface area contributed by atoms with Crippen molar-refractivity contribution in [3.63, 3.8) is 0 Å². The van der Waals surface area contributed by atoms with E-state index in [1.807, 2.05) is 0 Å². The molecule has 1 saturated carbocycles. The zero-order valence-corrected chi connectivity index (χ0v) is 16.8. The molecule has 6 nitrogen and oxygen atoms in total. The van der Waals surface area contributed by atoms with Crippen LogP contribution < -0.4 is 10.6 Å². The molecule has 0 radical (unpaired) electrons. The summed E-state index contributed by atoms with van der Waals surface area (Å²) in [6.07, 6.45) is 4.46. The van der Waals surface area contributed by atoms with E-state index in [1.165, 1.54) is 42.0 Å². The largest absolute Gasteiger partial charge is 0.353 e. The van der Waals surface area contributed by atoms with E-state index in [0.717, 1.165) is 12.8 Å². The molecule has 0 saturated heterocycles. The average molecular weight is 431 g/mol. The van der Waals surface area contributed by atoms with Gasteiger partial charge in [-0.25, -0.2) is 0 Å². The lowest BCUT2D eigenvalue weighted by Crippen LogP contribution is -2.33. The second-order valence-electron chi connectivity index (χ2n) is 5.79. The summed E-state index contributed by atoms with van der Waals surface area (Å²) in [6, 6.07) is 4.96. The number of hydrogen-bond donors (Lipinski definition) is 2. The van der Waals surface area contributed by atoms with Crippen LogP contribution in [0.1, 0.15) is 36.0 Å². The summed E-state index contributed by atoms with van der Waals surface area (Å²) < 4.78 is 0.610. The summed E-state index contributed by atoms with van der Waals surface area (Å²) in [5.41, 5.74) is 0.263. The standard InChI is InChI=1S/C16H16Cl2N4O2S2/c17-9-5-6-12(18)11(7-9)14(24)20-15-21-22-16(26-15)25-8-13(23)19-10-3-1-2-4-10/h5-7,10H,1-4,8H2,(H,19,23)(H,20,21,24). The zero-order valence-electron chi connectivity index (χ0n) is 13.6. The number of nitrogens with zero attached hydrogens (tertiary/aromatic N) is 2. The maximum atomic E-state index is 12.3. The van der Waals surface area contributed by atoms with Crippen LogP contribution in [0.2, 0.25) is 10.0 Å². The van der Waals surface area contributed by atoms with E-state index in [9.17, 15) is 9.59 Å². The van der Waals surface area contributed by atoms with Crippen LogP contribution in [-0.4, -0.2) is 33.8 Å². The van der Waals surface area contributed by atoms with Crippen molar-refractivity contribution in [3.05, 3.63) is 33.8 Å². The van der Waals surface area contributed by atoms with Crippen LogP contribution in [0.3, 0.4) is 0 Å². The van der Waals surface area contributed by atoms with Crippen molar-refractivity contribution >= 4 is 63.2 Å². The number of anilines is 1. The van der Waals surface area contributed by atoms with E-state index in [4.69, 9.17) is 23.2 Å². The Labute approximate surface area is 169 Å². The van der Waals surface area contributed by atoms with Gasteiger partial charge in [-0.05, 0) is 31.0 Å². The molecule has 1 fully saturated rings. The highest BCUT2D eigenvalue weighted by atomic mass is 35.5. The Morgan fingerprint density at radius 2 is 2.00 bits per heavy atom. The minimum absolute atomic E-state index is 0.00612. The van der Waals surface area contributed by atoms with Gasteiger partial charge in [0.05, 0.1) is 16.3 Å². The van der Waals surface area contributed by atoms with E-state index in [-0.39, 0.29) is 17.2 Å². The Bertz CT molecular complexity index is 809. The van der Waals surface area contributed by atoms with Crippen LogP contribution in [-0.2, 0) is 4.79 Å². The lowest BCUT2D eigenvalue weighted by atomic mass is 10.2. The third kappa shape index (κ3) is 5.33. The highest BCUT2D eigenvalue weighted by Crippen LogP contribution is 2.27. The molecule has 1 heterocycles. The first-order valence-corrected chi connectivity index (χ1v) is 10.6. The van der Waals surface area contributed by atoms with Crippen molar-refractivity contribution in [2.45, 2.75) is 36.1 Å². The lowest BCUT2D eigenvalue weighted by molar-refractivity contribution is -0.119. The molecule has 2 amide bonds. The van der Waals surface area contributed by atoms with Crippen LogP contribution in [0.25, 0.3) is 0 Å². The van der Waals surface area contributed by atoms with E-state index in [2.05, 4.69) is 20.8 Å². The van der Waals surface area contributed by atoms with Gasteiger partial charge in [-0.3, -0.25) is 14.9 Å². The molecule has 0 spiro atoms. The number of carbonyl (C=O) groups excluding carboxylic acids is 2. The molecule has 0 aliphatic heterocycles. The first-order chi connectivity index (χ1) is 12.5. The molecule has 2 N–H and O–H groups in total. The predicted octanol–water partition coefficient (Wildman–Crippen LogP) is 4.25. The van der Waals surface area contributed by atoms with Crippen molar-refractivity contribution in [3.8, 4) is 0 Å². The smallest absolute Gasteiger partial charge is 0.259 e. The number of halogens is 2. The Morgan fingerprint density at radius 3 is 2.77 bits per heavy atom. The van der Waals surface area contributed by atoms with Gasteiger partial charge in [0.1, 0.15) is 0 Å². The van der Waals surface area contributed by atoms with Crippen LogP contribution in [0, 0.1) is 0 Å². The van der Waals surface area contributed by atoms with Gasteiger partial charge in [-0.1, -0.05) is 59.1 Å². The highest BCUT2D eigenvalue weighted by Gasteiger charge is 2.18. The van der Waals surface area contributed by atoms with Gasteiger partial charge in [0.15, 0.2) is 4.34 Å². The van der Waals surface area contributed by atoms with Crippen molar-refractivity contribution in [2.75, 3.05) is 11.1 Å². The summed E-state index contributed by atoms with van der Waals surface area (Å²) in [4.78, 5) is 24.2. The minimum Gasteiger partial charge on any atom is -0.353 e. The third-order valence-corrected chi connectivity index (χ3v) is 6.38. The summed E-state index contributed by atoms with van der Waals surface area (Å²) in [7, 11) is 0. The molecule has 138 valence electrons. The van der Waals surface area contributed by atoms with Crippen molar-refractivity contribution in [1.82, 2.24) is 15.5 Å². The third-order valence-electron chi connectivity index (χ3n) is 3.85. The summed E-state index contributed by atoms with van der Waals surface area (Å²) in [5, 5.41) is 14.6. The van der Waals surface area contributed by atoms with Crippen LogP contribution in [0.4, 0.5) is 5.13 Å². The van der Waals surface area contributed by atoms with Gasteiger partial charge in [0.25, 0.3) is 5.91 Å². The van der Waals surface area contributed by atoms with E-state index < -0.39 is 5.91 Å². The normalized spacial score (nSPS) is 14.4. The van der Waals surface area contributed by atoms with Gasteiger partial charge >= 0.3 is 0 Å². The molecule has 2 aromatic rings. The maximum Gasteiger partial charge on any atom is 0.259 e. The van der Waals surface area contributed by atoms with Crippen LogP contribution >= 0.6 is 46.3 Å². The Morgan fingerprint density at radius 1 is 1.23 bits per heavy atom. The van der Waals surface area contributed by atoms with Gasteiger partial charge < -0.3 is 5.32 Å². The first-order valence-electron chi connectivity index (χ1n) is 8.03. The summed E-state index contributed by atoms with van der Waals surface area (Å²) in [6.45, 7) is 0. The topological polar surface area (TPSA) is 84.0 Å². The molecule has 0 unspecified atom stereocenters. The number of rotatable bonds is 6. The summed E-state index contributed by atoms with van der Waals surface area (Å²) in [5.74, 6) is -0.142. The van der Waals surface area contributed by atoms with Crippen LogP contribution in [0.15, 0.2) is 22.5 Å². The molecule has 1 aliphatic carbocycles. The van der Waals surface area contributed by atoms with Gasteiger partial charge in [-0.15, -0.1) is 10.2 Å². The Kier molecular flexibility index (Phi) is 6.74. The SMILES string of the molecule is O=C(CSc1nnc(NC(=O)c2cc(Cl)ccc2Cl)s1)NC1CCCC1. The minimum atomic E-state index is -0.413. The van der Waals surface area contributed by atoms with Crippen molar-refractivity contribution in [2.24, 2.45) is 0 Å². The second-order valence-corrected chi connectivity index (χ2v) is 8.83. The number of carbonyl (C=O) groups is 2.